The molecule has 0 spiro atoms. The molecule has 0 unspecified atom stereocenters. The second-order valence-electron chi connectivity index (χ2n) is 7.59. The minimum Gasteiger partial charge on any atom is -0.494 e. The quantitative estimate of drug-likeness (QED) is 0.477. The van der Waals surface area contributed by atoms with Gasteiger partial charge >= 0.3 is 0 Å². The van der Waals surface area contributed by atoms with Crippen LogP contribution < -0.4 is 10.1 Å². The Hall–Kier alpha value is -3.11. The van der Waals surface area contributed by atoms with Crippen molar-refractivity contribution in [3.63, 3.8) is 0 Å². The smallest absolute Gasteiger partial charge is 0.173 e. The SMILES string of the molecule is CCOc1ccc(NC(=S)N2CCC(=C(c3ccccc3)c3ccccc3)CC2)cc1. The number of nitrogens with one attached hydrogen (secondary N) is 1. The Morgan fingerprint density at radius 2 is 1.39 bits per heavy atom. The first-order valence-corrected chi connectivity index (χ1v) is 11.3. The van der Waals surface area contributed by atoms with Gasteiger partial charge in [-0.25, -0.2) is 0 Å². The van der Waals surface area contributed by atoms with Crippen LogP contribution in [0.5, 0.6) is 5.75 Å². The average Bonchev–Trinajstić information content (AvgIpc) is 2.82. The van der Waals surface area contributed by atoms with Crippen LogP contribution in [-0.4, -0.2) is 29.7 Å². The Morgan fingerprint density at radius 3 is 1.90 bits per heavy atom. The third kappa shape index (κ3) is 5.33. The summed E-state index contributed by atoms with van der Waals surface area (Å²) in [7, 11) is 0. The number of hydrogen-bond acceptors (Lipinski definition) is 2. The lowest BCUT2D eigenvalue weighted by Gasteiger charge is -2.32. The van der Waals surface area contributed by atoms with E-state index in [9.17, 15) is 0 Å². The molecule has 0 aromatic heterocycles. The molecule has 158 valence electrons. The number of likely N-dealkylation sites (tertiary alicyclic amines) is 1. The van der Waals surface area contributed by atoms with Crippen LogP contribution >= 0.6 is 12.2 Å². The van der Waals surface area contributed by atoms with Gasteiger partial charge in [-0.2, -0.15) is 0 Å². The molecule has 0 amide bonds. The molecule has 1 fully saturated rings. The first-order chi connectivity index (χ1) is 15.2. The van der Waals surface area contributed by atoms with E-state index in [-0.39, 0.29) is 0 Å². The topological polar surface area (TPSA) is 24.5 Å². The fourth-order valence-corrected chi connectivity index (χ4v) is 4.32. The third-order valence-corrected chi connectivity index (χ3v) is 5.91. The molecule has 1 aliphatic heterocycles. The molecule has 3 aromatic carbocycles. The van der Waals surface area contributed by atoms with E-state index in [4.69, 9.17) is 17.0 Å². The van der Waals surface area contributed by atoms with E-state index in [1.165, 1.54) is 22.3 Å². The molecule has 4 heteroatoms. The number of ether oxygens (including phenoxy) is 1. The fourth-order valence-electron chi connectivity index (χ4n) is 4.02. The minimum absolute atomic E-state index is 0.669. The minimum atomic E-state index is 0.669. The Labute approximate surface area is 190 Å². The molecule has 1 N–H and O–H groups in total. The predicted molar refractivity (Wildman–Crippen MR) is 134 cm³/mol. The van der Waals surface area contributed by atoms with Crippen molar-refractivity contribution in [3.05, 3.63) is 102 Å². The number of thiocarbonyl (C=S) groups is 1. The average molecular weight is 429 g/mol. The number of nitrogens with zero attached hydrogens (tertiary/aromatic N) is 1. The van der Waals surface area contributed by atoms with Gasteiger partial charge in [0.25, 0.3) is 0 Å². The van der Waals surface area contributed by atoms with Crippen LogP contribution in [0.4, 0.5) is 5.69 Å². The molecular formula is C27H28N2OS. The second-order valence-corrected chi connectivity index (χ2v) is 7.97. The van der Waals surface area contributed by atoms with Crippen LogP contribution in [0.15, 0.2) is 90.5 Å². The van der Waals surface area contributed by atoms with Crippen LogP contribution in [-0.2, 0) is 0 Å². The monoisotopic (exact) mass is 428 g/mol. The Balaban J connectivity index is 1.47. The van der Waals surface area contributed by atoms with E-state index in [2.05, 4.69) is 70.9 Å². The highest BCUT2D eigenvalue weighted by Crippen LogP contribution is 2.32. The van der Waals surface area contributed by atoms with Crippen molar-refractivity contribution in [1.82, 2.24) is 4.90 Å². The normalized spacial score (nSPS) is 13.6. The first-order valence-electron chi connectivity index (χ1n) is 10.9. The summed E-state index contributed by atoms with van der Waals surface area (Å²) in [4.78, 5) is 2.27. The highest BCUT2D eigenvalue weighted by atomic mass is 32.1. The number of rotatable bonds is 5. The van der Waals surface area contributed by atoms with Crippen molar-refractivity contribution in [2.75, 3.05) is 25.0 Å². The van der Waals surface area contributed by atoms with Crippen LogP contribution in [0.25, 0.3) is 5.57 Å². The summed E-state index contributed by atoms with van der Waals surface area (Å²) < 4.78 is 5.51. The van der Waals surface area contributed by atoms with Gasteiger partial charge < -0.3 is 15.0 Å². The molecule has 0 radical (unpaired) electrons. The summed E-state index contributed by atoms with van der Waals surface area (Å²) in [6, 6.07) is 29.4. The second kappa shape index (κ2) is 10.3. The Morgan fingerprint density at radius 1 is 0.839 bits per heavy atom. The van der Waals surface area contributed by atoms with Gasteiger partial charge in [-0.05, 0) is 72.9 Å². The molecule has 0 bridgehead atoms. The maximum Gasteiger partial charge on any atom is 0.173 e. The van der Waals surface area contributed by atoms with Crippen molar-refractivity contribution in [2.24, 2.45) is 0 Å². The predicted octanol–water partition coefficient (Wildman–Crippen LogP) is 6.38. The lowest BCUT2D eigenvalue weighted by molar-refractivity contribution is 0.340. The summed E-state index contributed by atoms with van der Waals surface area (Å²) in [5, 5.41) is 4.16. The zero-order valence-electron chi connectivity index (χ0n) is 17.9. The molecule has 1 saturated heterocycles. The van der Waals surface area contributed by atoms with Crippen molar-refractivity contribution in [3.8, 4) is 5.75 Å². The van der Waals surface area contributed by atoms with Gasteiger partial charge in [0, 0.05) is 18.8 Å². The zero-order chi connectivity index (χ0) is 21.5. The summed E-state index contributed by atoms with van der Waals surface area (Å²) in [5.41, 5.74) is 6.42. The van der Waals surface area contributed by atoms with Crippen molar-refractivity contribution in [2.45, 2.75) is 19.8 Å². The van der Waals surface area contributed by atoms with Crippen LogP contribution in [0.3, 0.4) is 0 Å². The molecule has 0 saturated carbocycles. The summed E-state index contributed by atoms with van der Waals surface area (Å²) in [6.45, 7) is 4.49. The largest absolute Gasteiger partial charge is 0.494 e. The van der Waals surface area contributed by atoms with E-state index in [0.717, 1.165) is 42.5 Å². The summed E-state index contributed by atoms with van der Waals surface area (Å²) in [6.07, 6.45) is 2.01. The Bertz CT molecular complexity index is 978. The number of hydrogen-bond donors (Lipinski definition) is 1. The first kappa shape index (κ1) is 21.1. The highest BCUT2D eigenvalue weighted by Gasteiger charge is 2.20. The molecule has 1 heterocycles. The van der Waals surface area contributed by atoms with Gasteiger partial charge in [-0.3, -0.25) is 0 Å². The van der Waals surface area contributed by atoms with Gasteiger partial charge in [0.05, 0.1) is 6.61 Å². The molecule has 4 rings (SSSR count). The van der Waals surface area contributed by atoms with Crippen LogP contribution in [0.1, 0.15) is 30.9 Å². The van der Waals surface area contributed by atoms with E-state index < -0.39 is 0 Å². The van der Waals surface area contributed by atoms with E-state index in [1.807, 2.05) is 31.2 Å². The highest BCUT2D eigenvalue weighted by molar-refractivity contribution is 7.80. The lowest BCUT2D eigenvalue weighted by atomic mass is 9.88. The summed E-state index contributed by atoms with van der Waals surface area (Å²) in [5.74, 6) is 0.876. The lowest BCUT2D eigenvalue weighted by Crippen LogP contribution is -2.39. The van der Waals surface area contributed by atoms with Crippen molar-refractivity contribution >= 4 is 28.6 Å². The fraction of sp³-hybridized carbons (Fsp3) is 0.222. The number of anilines is 1. The van der Waals surface area contributed by atoms with Gasteiger partial charge in [0.15, 0.2) is 5.11 Å². The van der Waals surface area contributed by atoms with Crippen molar-refractivity contribution in [1.29, 1.82) is 0 Å². The van der Waals surface area contributed by atoms with E-state index in [0.29, 0.717) is 6.61 Å². The maximum atomic E-state index is 5.70. The molecule has 0 aliphatic carbocycles. The van der Waals surface area contributed by atoms with Gasteiger partial charge in [-0.15, -0.1) is 0 Å². The number of piperidine rings is 1. The standard InChI is InChI=1S/C27H28N2OS/c1-2-30-25-15-13-24(14-16-25)28-27(31)29-19-17-23(18-20-29)26(21-9-5-3-6-10-21)22-11-7-4-8-12-22/h3-16H,2,17-20H2,1H3,(H,28,31). The van der Waals surface area contributed by atoms with E-state index >= 15 is 0 Å². The van der Waals surface area contributed by atoms with Gasteiger partial charge in [-0.1, -0.05) is 66.2 Å². The van der Waals surface area contributed by atoms with E-state index in [1.54, 1.807) is 0 Å². The molecule has 0 atom stereocenters. The van der Waals surface area contributed by atoms with Gasteiger partial charge in [0.2, 0.25) is 0 Å². The molecule has 31 heavy (non-hydrogen) atoms. The molecule has 1 aliphatic rings. The van der Waals surface area contributed by atoms with Crippen LogP contribution in [0.2, 0.25) is 0 Å². The third-order valence-electron chi connectivity index (χ3n) is 5.55. The summed E-state index contributed by atoms with van der Waals surface area (Å²) >= 11 is 5.70. The molecule has 3 aromatic rings. The molecular weight excluding hydrogens is 400 g/mol. The zero-order valence-corrected chi connectivity index (χ0v) is 18.7. The van der Waals surface area contributed by atoms with Crippen LogP contribution in [0, 0.1) is 0 Å². The maximum absolute atomic E-state index is 5.70. The molecule has 3 nitrogen and oxygen atoms in total. The van der Waals surface area contributed by atoms with Crippen molar-refractivity contribution < 1.29 is 4.74 Å². The number of benzene rings is 3. The Kier molecular flexibility index (Phi) is 7.00. The van der Waals surface area contributed by atoms with Gasteiger partial charge in [0.1, 0.15) is 5.75 Å².